The van der Waals surface area contributed by atoms with Crippen LogP contribution in [0.1, 0.15) is 5.56 Å². The molecule has 0 atom stereocenters. The summed E-state index contributed by atoms with van der Waals surface area (Å²) in [6, 6.07) is 22.8. The van der Waals surface area contributed by atoms with Gasteiger partial charge in [-0.25, -0.2) is 5.43 Å². The predicted molar refractivity (Wildman–Crippen MR) is 111 cm³/mol. The third kappa shape index (κ3) is 5.34. The molecule has 3 rings (SSSR count). The molecule has 142 valence electrons. The largest absolute Gasteiger partial charge is 0.495 e. The molecule has 0 spiro atoms. The number of amides is 1. The maximum absolute atomic E-state index is 11.9. The minimum atomic E-state index is -0.358. The molecule has 0 aromatic heterocycles. The normalized spacial score (nSPS) is 10.6. The van der Waals surface area contributed by atoms with Gasteiger partial charge in [-0.3, -0.25) is 4.79 Å². The van der Waals surface area contributed by atoms with Crippen LogP contribution in [0.15, 0.2) is 77.9 Å². The number of carbonyl (C=O) groups is 1. The summed E-state index contributed by atoms with van der Waals surface area (Å²) in [5.74, 6) is 0.832. The number of hydrazone groups is 1. The lowest BCUT2D eigenvalue weighted by Crippen LogP contribution is -2.24. The summed E-state index contributed by atoms with van der Waals surface area (Å²) in [6.07, 6.45) is 1.50. The SMILES string of the molecule is COc1ccc(/C=N/NC(=O)COc2ccc(-c3ccccc3)cc2)cc1Cl. The van der Waals surface area contributed by atoms with Crippen molar-refractivity contribution in [2.45, 2.75) is 0 Å². The molecule has 0 aliphatic carbocycles. The van der Waals surface area contributed by atoms with E-state index in [-0.39, 0.29) is 12.5 Å². The van der Waals surface area contributed by atoms with E-state index in [9.17, 15) is 4.79 Å². The molecule has 3 aromatic rings. The van der Waals surface area contributed by atoms with Gasteiger partial charge in [-0.1, -0.05) is 54.1 Å². The molecule has 6 heteroatoms. The number of ether oxygens (including phenoxy) is 2. The number of hydrogen-bond donors (Lipinski definition) is 1. The van der Waals surface area contributed by atoms with Crippen LogP contribution < -0.4 is 14.9 Å². The molecule has 28 heavy (non-hydrogen) atoms. The summed E-state index contributed by atoms with van der Waals surface area (Å²) in [4.78, 5) is 11.9. The Morgan fingerprint density at radius 2 is 1.75 bits per heavy atom. The van der Waals surface area contributed by atoms with E-state index in [2.05, 4.69) is 10.5 Å². The van der Waals surface area contributed by atoms with E-state index in [0.717, 1.165) is 16.7 Å². The summed E-state index contributed by atoms with van der Waals surface area (Å²) in [7, 11) is 1.55. The van der Waals surface area contributed by atoms with Crippen molar-refractivity contribution in [3.05, 3.63) is 83.4 Å². The molecule has 3 aromatic carbocycles. The first-order chi connectivity index (χ1) is 13.7. The fraction of sp³-hybridized carbons (Fsp3) is 0.0909. The van der Waals surface area contributed by atoms with E-state index >= 15 is 0 Å². The van der Waals surface area contributed by atoms with Gasteiger partial charge < -0.3 is 9.47 Å². The van der Waals surface area contributed by atoms with Gasteiger partial charge in [0.05, 0.1) is 18.3 Å². The summed E-state index contributed by atoms with van der Waals surface area (Å²) in [5, 5.41) is 4.37. The van der Waals surface area contributed by atoms with Gasteiger partial charge >= 0.3 is 0 Å². The van der Waals surface area contributed by atoms with Crippen LogP contribution in [-0.2, 0) is 4.79 Å². The average molecular weight is 395 g/mol. The van der Waals surface area contributed by atoms with Crippen LogP contribution >= 0.6 is 11.6 Å². The van der Waals surface area contributed by atoms with Gasteiger partial charge in [-0.05, 0) is 47.0 Å². The van der Waals surface area contributed by atoms with Gasteiger partial charge in [0, 0.05) is 0 Å². The number of carbonyl (C=O) groups excluding carboxylic acids is 1. The lowest BCUT2D eigenvalue weighted by Gasteiger charge is -2.07. The number of rotatable bonds is 7. The van der Waals surface area contributed by atoms with Crippen molar-refractivity contribution in [1.82, 2.24) is 5.43 Å². The second kappa shape index (κ2) is 9.58. The van der Waals surface area contributed by atoms with Crippen LogP contribution in [0.4, 0.5) is 0 Å². The first-order valence-corrected chi connectivity index (χ1v) is 8.97. The quantitative estimate of drug-likeness (QED) is 0.472. The molecule has 1 N–H and O–H groups in total. The molecule has 0 heterocycles. The molecule has 0 bridgehead atoms. The van der Waals surface area contributed by atoms with E-state index in [1.54, 1.807) is 25.3 Å². The van der Waals surface area contributed by atoms with Crippen molar-refractivity contribution < 1.29 is 14.3 Å². The van der Waals surface area contributed by atoms with Gasteiger partial charge in [0.15, 0.2) is 6.61 Å². The van der Waals surface area contributed by atoms with Crippen molar-refractivity contribution in [3.63, 3.8) is 0 Å². The monoisotopic (exact) mass is 394 g/mol. The van der Waals surface area contributed by atoms with Crippen molar-refractivity contribution >= 4 is 23.7 Å². The number of benzene rings is 3. The number of halogens is 1. The first-order valence-electron chi connectivity index (χ1n) is 8.59. The highest BCUT2D eigenvalue weighted by atomic mass is 35.5. The highest BCUT2D eigenvalue weighted by Crippen LogP contribution is 2.24. The van der Waals surface area contributed by atoms with Crippen LogP contribution in [-0.4, -0.2) is 25.8 Å². The number of nitrogens with zero attached hydrogens (tertiary/aromatic N) is 1. The van der Waals surface area contributed by atoms with Crippen LogP contribution in [0.5, 0.6) is 11.5 Å². The average Bonchev–Trinajstić information content (AvgIpc) is 2.73. The maximum atomic E-state index is 11.9. The second-order valence-corrected chi connectivity index (χ2v) is 6.27. The van der Waals surface area contributed by atoms with Gasteiger partial charge in [0.1, 0.15) is 11.5 Å². The molecule has 0 radical (unpaired) electrons. The van der Waals surface area contributed by atoms with Crippen LogP contribution in [0, 0.1) is 0 Å². The Bertz CT molecular complexity index is 957. The third-order valence-electron chi connectivity index (χ3n) is 3.91. The lowest BCUT2D eigenvalue weighted by molar-refractivity contribution is -0.123. The molecular weight excluding hydrogens is 376 g/mol. The van der Waals surface area contributed by atoms with Gasteiger partial charge in [-0.2, -0.15) is 5.10 Å². The molecule has 0 fully saturated rings. The van der Waals surface area contributed by atoms with Crippen molar-refractivity contribution in [2.75, 3.05) is 13.7 Å². The molecular formula is C22H19ClN2O3. The fourth-order valence-corrected chi connectivity index (χ4v) is 2.76. The van der Waals surface area contributed by atoms with E-state index in [1.807, 2.05) is 54.6 Å². The van der Waals surface area contributed by atoms with E-state index in [4.69, 9.17) is 21.1 Å². The van der Waals surface area contributed by atoms with Gasteiger partial charge in [0.25, 0.3) is 5.91 Å². The fourth-order valence-electron chi connectivity index (χ4n) is 2.50. The van der Waals surface area contributed by atoms with Crippen LogP contribution in [0.25, 0.3) is 11.1 Å². The summed E-state index contributed by atoms with van der Waals surface area (Å²) >= 11 is 6.04. The lowest BCUT2D eigenvalue weighted by atomic mass is 10.1. The zero-order valence-corrected chi connectivity index (χ0v) is 16.0. The molecule has 0 saturated heterocycles. The molecule has 0 aliphatic rings. The topological polar surface area (TPSA) is 59.9 Å². The van der Waals surface area contributed by atoms with Crippen LogP contribution in [0.2, 0.25) is 5.02 Å². The van der Waals surface area contributed by atoms with Crippen molar-refractivity contribution in [1.29, 1.82) is 0 Å². The van der Waals surface area contributed by atoms with Gasteiger partial charge in [-0.15, -0.1) is 0 Å². The number of hydrogen-bond acceptors (Lipinski definition) is 4. The zero-order chi connectivity index (χ0) is 19.8. The summed E-state index contributed by atoms with van der Waals surface area (Å²) in [5.41, 5.74) is 5.37. The minimum Gasteiger partial charge on any atom is -0.495 e. The molecule has 0 saturated carbocycles. The Morgan fingerprint density at radius 1 is 1.04 bits per heavy atom. The summed E-state index contributed by atoms with van der Waals surface area (Å²) in [6.45, 7) is -0.134. The Labute approximate surface area is 168 Å². The standard InChI is InChI=1S/C22H19ClN2O3/c1-27-21-12-7-16(13-20(21)23)14-24-25-22(26)15-28-19-10-8-18(9-11-19)17-5-3-2-4-6-17/h2-14H,15H2,1H3,(H,25,26)/b24-14+. The maximum Gasteiger partial charge on any atom is 0.277 e. The Balaban J connectivity index is 1.48. The Hall–Kier alpha value is -3.31. The molecule has 5 nitrogen and oxygen atoms in total. The molecule has 0 unspecified atom stereocenters. The third-order valence-corrected chi connectivity index (χ3v) is 4.21. The Morgan fingerprint density at radius 3 is 2.43 bits per heavy atom. The van der Waals surface area contributed by atoms with Crippen molar-refractivity contribution in [3.8, 4) is 22.6 Å². The number of nitrogens with one attached hydrogen (secondary N) is 1. The first kappa shape index (κ1) is 19.5. The van der Waals surface area contributed by atoms with E-state index in [1.165, 1.54) is 6.21 Å². The second-order valence-electron chi connectivity index (χ2n) is 5.87. The van der Waals surface area contributed by atoms with Crippen molar-refractivity contribution in [2.24, 2.45) is 5.10 Å². The Kier molecular flexibility index (Phi) is 6.65. The molecule has 1 amide bonds. The van der Waals surface area contributed by atoms with Crippen LogP contribution in [0.3, 0.4) is 0 Å². The number of methoxy groups -OCH3 is 1. The highest BCUT2D eigenvalue weighted by molar-refractivity contribution is 6.32. The zero-order valence-electron chi connectivity index (χ0n) is 15.3. The smallest absolute Gasteiger partial charge is 0.277 e. The van der Waals surface area contributed by atoms with E-state index < -0.39 is 0 Å². The molecule has 0 aliphatic heterocycles. The predicted octanol–water partition coefficient (Wildman–Crippen LogP) is 4.54. The highest BCUT2D eigenvalue weighted by Gasteiger charge is 2.03. The van der Waals surface area contributed by atoms with E-state index in [0.29, 0.717) is 16.5 Å². The minimum absolute atomic E-state index is 0.134. The summed E-state index contributed by atoms with van der Waals surface area (Å²) < 4.78 is 10.6. The van der Waals surface area contributed by atoms with Gasteiger partial charge in [0.2, 0.25) is 0 Å².